The second-order valence-electron chi connectivity index (χ2n) is 8.70. The van der Waals surface area contributed by atoms with Crippen molar-refractivity contribution in [1.29, 1.82) is 0 Å². The summed E-state index contributed by atoms with van der Waals surface area (Å²) in [6.45, 7) is 4.06. The number of carbonyl (C=O) groups excluding carboxylic acids is 2. The highest BCUT2D eigenvalue weighted by molar-refractivity contribution is 5.94. The smallest absolute Gasteiger partial charge is 0.244 e. The summed E-state index contributed by atoms with van der Waals surface area (Å²) < 4.78 is 1.68. The Kier molecular flexibility index (Phi) is 6.70. The standard InChI is InChI=1S/C24H33N5O2/c1-3-23(30)29-15-12-20-9-6-10-21(26(20)2)17-27(16-19-8-4-5-11-22(19)29)24(31)18-28-14-7-13-25-28/h4-5,7-8,11,13-14,20-21H,3,6,9-10,12,15-18H2,1-2H3. The van der Waals surface area contributed by atoms with Gasteiger partial charge in [0.1, 0.15) is 6.54 Å². The van der Waals surface area contributed by atoms with Gasteiger partial charge in [0.25, 0.3) is 0 Å². The average molecular weight is 424 g/mol. The van der Waals surface area contributed by atoms with E-state index < -0.39 is 0 Å². The van der Waals surface area contributed by atoms with E-state index in [9.17, 15) is 9.59 Å². The van der Waals surface area contributed by atoms with Gasteiger partial charge in [-0.1, -0.05) is 31.5 Å². The molecule has 2 amide bonds. The minimum absolute atomic E-state index is 0.0571. The normalized spacial score (nSPS) is 22.5. The Labute approximate surface area is 184 Å². The van der Waals surface area contributed by atoms with Gasteiger partial charge >= 0.3 is 0 Å². The van der Waals surface area contributed by atoms with E-state index in [1.807, 2.05) is 53.3 Å². The Balaban J connectivity index is 1.70. The number of aromatic nitrogens is 2. The SMILES string of the molecule is CCC(=O)N1CCC2CCCC(CN(C(=O)Cn3cccn3)Cc3ccccc31)N2C. The third kappa shape index (κ3) is 4.82. The number of carbonyl (C=O) groups is 2. The number of fused-ring (bicyclic) bond motifs is 3. The zero-order chi connectivity index (χ0) is 21.8. The molecule has 1 saturated heterocycles. The van der Waals surface area contributed by atoms with Gasteiger partial charge in [-0.15, -0.1) is 0 Å². The molecule has 4 rings (SSSR count). The number of benzene rings is 1. The molecule has 2 aliphatic heterocycles. The van der Waals surface area contributed by atoms with Crippen molar-refractivity contribution in [2.45, 2.75) is 64.2 Å². The molecule has 0 aliphatic carbocycles. The molecule has 0 N–H and O–H groups in total. The van der Waals surface area contributed by atoms with E-state index >= 15 is 0 Å². The molecule has 2 unspecified atom stereocenters. The van der Waals surface area contributed by atoms with Crippen LogP contribution in [-0.4, -0.2) is 63.6 Å². The van der Waals surface area contributed by atoms with Crippen molar-refractivity contribution < 1.29 is 9.59 Å². The highest BCUT2D eigenvalue weighted by Gasteiger charge is 2.32. The van der Waals surface area contributed by atoms with Crippen LogP contribution in [0.15, 0.2) is 42.7 Å². The van der Waals surface area contributed by atoms with Crippen molar-refractivity contribution in [3.8, 4) is 0 Å². The summed E-state index contributed by atoms with van der Waals surface area (Å²) in [7, 11) is 2.18. The lowest BCUT2D eigenvalue weighted by Gasteiger charge is -2.41. The number of nitrogens with zero attached hydrogens (tertiary/aromatic N) is 5. The van der Waals surface area contributed by atoms with E-state index in [-0.39, 0.29) is 18.4 Å². The molecule has 2 atom stereocenters. The lowest BCUT2D eigenvalue weighted by Crippen LogP contribution is -2.51. The highest BCUT2D eigenvalue weighted by atomic mass is 16.2. The fourth-order valence-corrected chi connectivity index (χ4v) is 4.97. The maximum absolute atomic E-state index is 13.3. The molecule has 31 heavy (non-hydrogen) atoms. The van der Waals surface area contributed by atoms with E-state index in [1.54, 1.807) is 10.9 Å². The number of rotatable bonds is 3. The first-order valence-corrected chi connectivity index (χ1v) is 11.4. The number of likely N-dealkylation sites (N-methyl/N-ethyl adjacent to an activating group) is 1. The number of hydrogen-bond donors (Lipinski definition) is 0. The molecule has 166 valence electrons. The molecular formula is C24H33N5O2. The molecule has 7 nitrogen and oxygen atoms in total. The van der Waals surface area contributed by atoms with Crippen molar-refractivity contribution in [3.63, 3.8) is 0 Å². The molecule has 2 aromatic rings. The van der Waals surface area contributed by atoms with Gasteiger partial charge < -0.3 is 9.80 Å². The van der Waals surface area contributed by atoms with Crippen LogP contribution in [0.1, 0.15) is 44.6 Å². The Morgan fingerprint density at radius 2 is 1.87 bits per heavy atom. The van der Waals surface area contributed by atoms with Gasteiger partial charge in [-0.3, -0.25) is 19.2 Å². The van der Waals surface area contributed by atoms with Gasteiger partial charge in [-0.05, 0) is 44.0 Å². The van der Waals surface area contributed by atoms with Crippen LogP contribution in [0.5, 0.6) is 0 Å². The fraction of sp³-hybridized carbons (Fsp3) is 0.542. The average Bonchev–Trinajstić information content (AvgIpc) is 3.28. The fourth-order valence-electron chi connectivity index (χ4n) is 4.97. The van der Waals surface area contributed by atoms with Gasteiger partial charge in [0, 0.05) is 56.2 Å². The lowest BCUT2D eigenvalue weighted by atomic mass is 9.93. The highest BCUT2D eigenvalue weighted by Crippen LogP contribution is 2.29. The predicted molar refractivity (Wildman–Crippen MR) is 121 cm³/mol. The van der Waals surface area contributed by atoms with E-state index in [0.717, 1.165) is 36.9 Å². The first-order chi connectivity index (χ1) is 15.1. The second kappa shape index (κ2) is 9.64. The number of hydrogen-bond acceptors (Lipinski definition) is 4. The van der Waals surface area contributed by atoms with Gasteiger partial charge in [0.15, 0.2) is 0 Å². The van der Waals surface area contributed by atoms with E-state index in [2.05, 4.69) is 17.0 Å². The largest absolute Gasteiger partial charge is 0.335 e. The van der Waals surface area contributed by atoms with Crippen LogP contribution in [0.4, 0.5) is 5.69 Å². The Morgan fingerprint density at radius 1 is 1.06 bits per heavy atom. The zero-order valence-corrected chi connectivity index (χ0v) is 18.6. The summed E-state index contributed by atoms with van der Waals surface area (Å²) in [6.07, 6.45) is 8.34. The number of piperidine rings is 1. The number of para-hydroxylation sites is 1. The summed E-state index contributed by atoms with van der Waals surface area (Å²) in [4.78, 5) is 32.6. The van der Waals surface area contributed by atoms with Crippen LogP contribution in [0, 0.1) is 0 Å². The topological polar surface area (TPSA) is 61.7 Å². The van der Waals surface area contributed by atoms with Crippen LogP contribution in [0.25, 0.3) is 0 Å². The maximum atomic E-state index is 13.3. The molecule has 7 heteroatoms. The van der Waals surface area contributed by atoms with Gasteiger partial charge in [-0.2, -0.15) is 5.10 Å². The monoisotopic (exact) mass is 423 g/mol. The molecule has 0 saturated carbocycles. The van der Waals surface area contributed by atoms with Crippen LogP contribution >= 0.6 is 0 Å². The summed E-state index contributed by atoms with van der Waals surface area (Å²) in [6, 6.07) is 10.6. The molecular weight excluding hydrogens is 390 g/mol. The molecule has 1 aromatic carbocycles. The Bertz CT molecular complexity index is 897. The second-order valence-corrected chi connectivity index (χ2v) is 8.70. The summed E-state index contributed by atoms with van der Waals surface area (Å²) in [5.74, 6) is 0.192. The molecule has 1 fully saturated rings. The lowest BCUT2D eigenvalue weighted by molar-refractivity contribution is -0.134. The minimum atomic E-state index is 0.0571. The Morgan fingerprint density at radius 3 is 2.65 bits per heavy atom. The van der Waals surface area contributed by atoms with Crippen molar-refractivity contribution >= 4 is 17.5 Å². The molecule has 2 bridgehead atoms. The van der Waals surface area contributed by atoms with Crippen LogP contribution in [0.3, 0.4) is 0 Å². The van der Waals surface area contributed by atoms with Crippen molar-refractivity contribution in [2.75, 3.05) is 25.0 Å². The van der Waals surface area contributed by atoms with Crippen LogP contribution in [-0.2, 0) is 22.7 Å². The first-order valence-electron chi connectivity index (χ1n) is 11.4. The Hall–Kier alpha value is -2.67. The van der Waals surface area contributed by atoms with E-state index in [0.29, 0.717) is 38.1 Å². The minimum Gasteiger partial charge on any atom is -0.335 e. The molecule has 0 radical (unpaired) electrons. The van der Waals surface area contributed by atoms with Gasteiger partial charge in [0.2, 0.25) is 11.8 Å². The summed E-state index contributed by atoms with van der Waals surface area (Å²) >= 11 is 0. The van der Waals surface area contributed by atoms with Gasteiger partial charge in [0.05, 0.1) is 0 Å². The van der Waals surface area contributed by atoms with Crippen LogP contribution in [0.2, 0.25) is 0 Å². The van der Waals surface area contributed by atoms with Crippen molar-refractivity contribution in [3.05, 3.63) is 48.3 Å². The van der Waals surface area contributed by atoms with E-state index in [4.69, 9.17) is 0 Å². The first kappa shape index (κ1) is 21.6. The van der Waals surface area contributed by atoms with Crippen LogP contribution < -0.4 is 4.90 Å². The third-order valence-electron chi connectivity index (χ3n) is 6.80. The number of amides is 2. The quantitative estimate of drug-likeness (QED) is 0.762. The maximum Gasteiger partial charge on any atom is 0.244 e. The molecule has 0 spiro atoms. The zero-order valence-electron chi connectivity index (χ0n) is 18.6. The predicted octanol–water partition coefficient (Wildman–Crippen LogP) is 2.91. The molecule has 2 aliphatic rings. The van der Waals surface area contributed by atoms with Crippen molar-refractivity contribution in [1.82, 2.24) is 19.6 Å². The summed E-state index contributed by atoms with van der Waals surface area (Å²) in [5, 5.41) is 4.22. The summed E-state index contributed by atoms with van der Waals surface area (Å²) in [5.41, 5.74) is 1.96. The number of anilines is 1. The van der Waals surface area contributed by atoms with Gasteiger partial charge in [-0.25, -0.2) is 0 Å². The van der Waals surface area contributed by atoms with E-state index in [1.165, 1.54) is 0 Å². The molecule has 1 aromatic heterocycles. The van der Waals surface area contributed by atoms with Crippen molar-refractivity contribution in [2.24, 2.45) is 0 Å². The molecule has 3 heterocycles. The third-order valence-corrected chi connectivity index (χ3v) is 6.80.